The van der Waals surface area contributed by atoms with Gasteiger partial charge in [0.2, 0.25) is 0 Å². The summed E-state index contributed by atoms with van der Waals surface area (Å²) in [6.45, 7) is 4.08. The minimum absolute atomic E-state index is 0.0698. The number of hydrogen-bond acceptors (Lipinski definition) is 5. The molecule has 1 N–H and O–H groups in total. The van der Waals surface area contributed by atoms with Crippen molar-refractivity contribution in [2.45, 2.75) is 187 Å². The van der Waals surface area contributed by atoms with Crippen LogP contribution in [0.25, 0.3) is 0 Å². The van der Waals surface area contributed by atoms with Crippen molar-refractivity contribution >= 4 is 11.9 Å². The molecule has 0 radical (unpaired) electrons. The average molecular weight is 593 g/mol. The zero-order valence-electron chi connectivity index (χ0n) is 27.8. The van der Waals surface area contributed by atoms with Gasteiger partial charge in [-0.3, -0.25) is 9.59 Å². The van der Waals surface area contributed by atoms with Gasteiger partial charge in [0.05, 0.1) is 6.61 Å². The monoisotopic (exact) mass is 593 g/mol. The molecule has 0 spiro atoms. The van der Waals surface area contributed by atoms with Crippen LogP contribution in [0.2, 0.25) is 0 Å². The van der Waals surface area contributed by atoms with Gasteiger partial charge in [0.15, 0.2) is 6.10 Å². The summed E-state index contributed by atoms with van der Waals surface area (Å²) in [5.41, 5.74) is 0. The molecular formula is C37H68O5. The van der Waals surface area contributed by atoms with Crippen molar-refractivity contribution in [1.29, 1.82) is 0 Å². The fourth-order valence-electron chi connectivity index (χ4n) is 4.94. The number of carbonyl (C=O) groups excluding carboxylic acids is 2. The highest BCUT2D eigenvalue weighted by atomic mass is 16.6. The Hall–Kier alpha value is -1.62. The van der Waals surface area contributed by atoms with Crippen LogP contribution in [0.4, 0.5) is 0 Å². The number of rotatable bonds is 32. The van der Waals surface area contributed by atoms with Crippen LogP contribution in [0.5, 0.6) is 0 Å². The smallest absolute Gasteiger partial charge is 0.306 e. The van der Waals surface area contributed by atoms with Gasteiger partial charge in [0.1, 0.15) is 6.61 Å². The summed E-state index contributed by atoms with van der Waals surface area (Å²) >= 11 is 0. The molecule has 0 amide bonds. The van der Waals surface area contributed by atoms with E-state index >= 15 is 0 Å². The maximum absolute atomic E-state index is 12.1. The SMILES string of the molecule is CCCCC=CCCCCCCCC(=O)OC[C@H](CO)OC(=O)CCCCCCCCCC=CCCCCCCCC. The highest BCUT2D eigenvalue weighted by Crippen LogP contribution is 2.13. The van der Waals surface area contributed by atoms with E-state index in [1.54, 1.807) is 0 Å². The first-order valence-electron chi connectivity index (χ1n) is 17.9. The average Bonchev–Trinajstić information content (AvgIpc) is 2.99. The summed E-state index contributed by atoms with van der Waals surface area (Å²) in [5, 5.41) is 9.51. The van der Waals surface area contributed by atoms with Crippen LogP contribution >= 0.6 is 0 Å². The maximum atomic E-state index is 12.1. The molecule has 0 aliphatic carbocycles. The van der Waals surface area contributed by atoms with Crippen LogP contribution in [0.1, 0.15) is 181 Å². The molecule has 0 saturated heterocycles. The van der Waals surface area contributed by atoms with E-state index < -0.39 is 6.10 Å². The predicted molar refractivity (Wildman–Crippen MR) is 178 cm³/mol. The highest BCUT2D eigenvalue weighted by molar-refractivity contribution is 5.70. The lowest BCUT2D eigenvalue weighted by Gasteiger charge is -2.15. The van der Waals surface area contributed by atoms with Gasteiger partial charge in [-0.25, -0.2) is 0 Å². The zero-order valence-corrected chi connectivity index (χ0v) is 27.8. The van der Waals surface area contributed by atoms with E-state index in [1.165, 1.54) is 109 Å². The van der Waals surface area contributed by atoms with Gasteiger partial charge in [-0.15, -0.1) is 0 Å². The first kappa shape index (κ1) is 40.4. The van der Waals surface area contributed by atoms with Crippen molar-refractivity contribution in [2.24, 2.45) is 0 Å². The van der Waals surface area contributed by atoms with Crippen molar-refractivity contribution in [3.8, 4) is 0 Å². The second kappa shape index (κ2) is 33.9. The lowest BCUT2D eigenvalue weighted by Crippen LogP contribution is -2.28. The van der Waals surface area contributed by atoms with Crippen molar-refractivity contribution in [1.82, 2.24) is 0 Å². The van der Waals surface area contributed by atoms with Crippen molar-refractivity contribution in [3.63, 3.8) is 0 Å². The van der Waals surface area contributed by atoms with E-state index in [0.29, 0.717) is 12.8 Å². The van der Waals surface area contributed by atoms with Crippen molar-refractivity contribution < 1.29 is 24.2 Å². The van der Waals surface area contributed by atoms with Crippen LogP contribution < -0.4 is 0 Å². The molecule has 0 heterocycles. The van der Waals surface area contributed by atoms with Crippen LogP contribution in [0, 0.1) is 0 Å². The summed E-state index contributed by atoms with van der Waals surface area (Å²) in [6, 6.07) is 0. The standard InChI is InChI=1S/C37H68O5/c1-3-5-7-9-11-13-15-16-17-18-19-20-22-24-26-28-30-32-37(40)42-35(33-38)34-41-36(39)31-29-27-25-23-21-14-12-10-8-6-4-2/h10,12,16-17,35,38H,3-9,11,13-15,18-34H2,1-2H3/t35-/m0/s1. The fraction of sp³-hybridized carbons (Fsp3) is 0.838. The van der Waals surface area contributed by atoms with E-state index in [0.717, 1.165) is 44.9 Å². The van der Waals surface area contributed by atoms with Crippen molar-refractivity contribution in [2.75, 3.05) is 13.2 Å². The highest BCUT2D eigenvalue weighted by Gasteiger charge is 2.16. The van der Waals surface area contributed by atoms with Crippen LogP contribution in [0.15, 0.2) is 24.3 Å². The third-order valence-electron chi connectivity index (χ3n) is 7.72. The van der Waals surface area contributed by atoms with E-state index in [9.17, 15) is 14.7 Å². The molecule has 0 saturated carbocycles. The summed E-state index contributed by atoms with van der Waals surface area (Å²) in [7, 11) is 0. The summed E-state index contributed by atoms with van der Waals surface area (Å²) < 4.78 is 10.5. The summed E-state index contributed by atoms with van der Waals surface area (Å²) in [5.74, 6) is -0.606. The molecule has 0 unspecified atom stereocenters. The topological polar surface area (TPSA) is 72.8 Å². The van der Waals surface area contributed by atoms with E-state index in [1.807, 2.05) is 0 Å². The third kappa shape index (κ3) is 31.3. The lowest BCUT2D eigenvalue weighted by atomic mass is 10.1. The fourth-order valence-corrected chi connectivity index (χ4v) is 4.94. The third-order valence-corrected chi connectivity index (χ3v) is 7.72. The van der Waals surface area contributed by atoms with Crippen LogP contribution in [-0.2, 0) is 19.1 Å². The number of ether oxygens (including phenoxy) is 2. The zero-order chi connectivity index (χ0) is 30.8. The molecule has 0 aromatic rings. The van der Waals surface area contributed by atoms with Crippen LogP contribution in [-0.4, -0.2) is 36.4 Å². The normalized spacial score (nSPS) is 12.4. The summed E-state index contributed by atoms with van der Waals surface area (Å²) in [6.07, 6.45) is 38.0. The first-order valence-corrected chi connectivity index (χ1v) is 17.9. The number of aliphatic hydroxyl groups excluding tert-OH is 1. The number of allylic oxidation sites excluding steroid dienone is 4. The molecule has 0 aliphatic rings. The second-order valence-corrected chi connectivity index (χ2v) is 11.9. The minimum atomic E-state index is -0.772. The number of unbranched alkanes of at least 4 members (excludes halogenated alkanes) is 20. The Labute approximate surface area is 260 Å². The Morgan fingerprint density at radius 3 is 1.36 bits per heavy atom. The van der Waals surface area contributed by atoms with Gasteiger partial charge in [-0.1, -0.05) is 134 Å². The number of esters is 2. The number of hydrogen-bond donors (Lipinski definition) is 1. The van der Waals surface area contributed by atoms with Gasteiger partial charge in [0.25, 0.3) is 0 Å². The maximum Gasteiger partial charge on any atom is 0.306 e. The molecule has 0 rings (SSSR count). The molecule has 5 heteroatoms. The Morgan fingerprint density at radius 1 is 0.524 bits per heavy atom. The Kier molecular flexibility index (Phi) is 32.6. The van der Waals surface area contributed by atoms with Gasteiger partial charge < -0.3 is 14.6 Å². The predicted octanol–water partition coefficient (Wildman–Crippen LogP) is 10.7. The Balaban J connectivity index is 3.57. The molecule has 0 aliphatic heterocycles. The van der Waals surface area contributed by atoms with E-state index in [4.69, 9.17) is 9.47 Å². The largest absolute Gasteiger partial charge is 0.462 e. The molecular weight excluding hydrogens is 524 g/mol. The summed E-state index contributed by atoms with van der Waals surface area (Å²) in [4.78, 5) is 24.1. The molecule has 0 bridgehead atoms. The minimum Gasteiger partial charge on any atom is -0.462 e. The Morgan fingerprint density at radius 2 is 0.905 bits per heavy atom. The van der Waals surface area contributed by atoms with Gasteiger partial charge in [-0.2, -0.15) is 0 Å². The quantitative estimate of drug-likeness (QED) is 0.0478. The molecule has 246 valence electrons. The molecule has 0 aromatic heterocycles. The van der Waals surface area contributed by atoms with Gasteiger partial charge in [0, 0.05) is 12.8 Å². The van der Waals surface area contributed by atoms with Crippen LogP contribution in [0.3, 0.4) is 0 Å². The molecule has 42 heavy (non-hydrogen) atoms. The van der Waals surface area contributed by atoms with E-state index in [2.05, 4.69) is 38.2 Å². The molecule has 1 atom stereocenters. The van der Waals surface area contributed by atoms with Gasteiger partial charge in [-0.05, 0) is 57.8 Å². The molecule has 0 fully saturated rings. The number of carbonyl (C=O) groups is 2. The molecule has 0 aromatic carbocycles. The Bertz CT molecular complexity index is 642. The van der Waals surface area contributed by atoms with Crippen molar-refractivity contribution in [3.05, 3.63) is 24.3 Å². The lowest BCUT2D eigenvalue weighted by molar-refractivity contribution is -0.161. The van der Waals surface area contributed by atoms with E-state index in [-0.39, 0.29) is 25.2 Å². The first-order chi connectivity index (χ1) is 20.6. The number of aliphatic hydroxyl groups is 1. The second-order valence-electron chi connectivity index (χ2n) is 11.9. The molecule has 5 nitrogen and oxygen atoms in total. The van der Waals surface area contributed by atoms with Gasteiger partial charge >= 0.3 is 11.9 Å².